The molecule has 2 N–H and O–H groups in total. The van der Waals surface area contributed by atoms with Gasteiger partial charge < -0.3 is 15.3 Å². The molecule has 0 aliphatic heterocycles. The van der Waals surface area contributed by atoms with Crippen LogP contribution in [0.4, 0.5) is 13.6 Å². The smallest absolute Gasteiger partial charge is 0.317 e. The first-order valence-corrected chi connectivity index (χ1v) is 6.34. The first-order chi connectivity index (χ1) is 9.19. The normalized spacial score (nSPS) is 11.3. The molecule has 20 heavy (non-hydrogen) atoms. The Morgan fingerprint density at radius 2 is 2.05 bits per heavy atom. The predicted molar refractivity (Wildman–Crippen MR) is 72.4 cm³/mol. The highest BCUT2D eigenvalue weighted by atomic mass is 19.1. The van der Waals surface area contributed by atoms with Gasteiger partial charge in [-0.05, 0) is 31.9 Å². The Morgan fingerprint density at radius 1 is 1.40 bits per heavy atom. The molecule has 0 atom stereocenters. The van der Waals surface area contributed by atoms with Crippen LogP contribution in [0.1, 0.15) is 19.4 Å². The number of rotatable bonds is 5. The van der Waals surface area contributed by atoms with Crippen LogP contribution >= 0.6 is 0 Å². The molecule has 0 bridgehead atoms. The van der Waals surface area contributed by atoms with E-state index >= 15 is 0 Å². The summed E-state index contributed by atoms with van der Waals surface area (Å²) in [6, 6.07) is 3.00. The van der Waals surface area contributed by atoms with E-state index in [2.05, 4.69) is 5.32 Å². The van der Waals surface area contributed by atoms with Gasteiger partial charge in [-0.25, -0.2) is 13.6 Å². The highest BCUT2D eigenvalue weighted by molar-refractivity contribution is 5.73. The predicted octanol–water partition coefficient (Wildman–Crippen LogP) is 1.92. The fraction of sp³-hybridized carbons (Fsp3) is 0.500. The van der Waals surface area contributed by atoms with Crippen molar-refractivity contribution in [3.63, 3.8) is 0 Å². The first kappa shape index (κ1) is 16.4. The van der Waals surface area contributed by atoms with Gasteiger partial charge in [0.25, 0.3) is 0 Å². The van der Waals surface area contributed by atoms with Crippen LogP contribution in [0.5, 0.6) is 0 Å². The monoisotopic (exact) mass is 286 g/mol. The van der Waals surface area contributed by atoms with E-state index in [1.54, 1.807) is 20.9 Å². The minimum absolute atomic E-state index is 0.184. The number of amides is 2. The van der Waals surface area contributed by atoms with Crippen LogP contribution in [0, 0.1) is 11.6 Å². The van der Waals surface area contributed by atoms with E-state index in [1.165, 1.54) is 17.0 Å². The lowest BCUT2D eigenvalue weighted by Crippen LogP contribution is -2.45. The van der Waals surface area contributed by atoms with Crippen molar-refractivity contribution in [3.05, 3.63) is 35.4 Å². The molecule has 0 heterocycles. The summed E-state index contributed by atoms with van der Waals surface area (Å²) in [5, 5.41) is 12.2. The largest absolute Gasteiger partial charge is 0.389 e. The van der Waals surface area contributed by atoms with Crippen molar-refractivity contribution in [1.82, 2.24) is 10.2 Å². The summed E-state index contributed by atoms with van der Waals surface area (Å²) < 4.78 is 26.1. The standard InChI is InChI=1S/C14H20F2N2O2/c1-14(2,20)9-18(3)13(19)17-7-6-10-4-5-11(15)8-12(10)16/h4-5,8,20H,6-7,9H2,1-3H3,(H,17,19). The molecule has 0 aliphatic rings. The van der Waals surface area contributed by atoms with E-state index in [0.717, 1.165) is 6.07 Å². The number of likely N-dealkylation sites (N-methyl/N-ethyl adjacent to an activating group) is 1. The number of hydrogen-bond donors (Lipinski definition) is 2. The first-order valence-electron chi connectivity index (χ1n) is 6.34. The Kier molecular flexibility index (Phi) is 5.44. The molecule has 0 aromatic heterocycles. The zero-order valence-corrected chi connectivity index (χ0v) is 11.9. The number of carbonyl (C=O) groups excluding carboxylic acids is 1. The van der Waals surface area contributed by atoms with Crippen molar-refractivity contribution in [2.75, 3.05) is 20.1 Å². The van der Waals surface area contributed by atoms with Gasteiger partial charge >= 0.3 is 6.03 Å². The molecule has 0 aliphatic carbocycles. The van der Waals surface area contributed by atoms with Crippen molar-refractivity contribution in [2.45, 2.75) is 25.9 Å². The number of halogens is 2. The molecular weight excluding hydrogens is 266 g/mol. The Labute approximate surface area is 117 Å². The summed E-state index contributed by atoms with van der Waals surface area (Å²) in [5.41, 5.74) is -0.633. The number of urea groups is 1. The summed E-state index contributed by atoms with van der Waals surface area (Å²) >= 11 is 0. The van der Waals surface area contributed by atoms with Crippen LogP contribution < -0.4 is 5.32 Å². The molecule has 2 amide bonds. The fourth-order valence-corrected chi connectivity index (χ4v) is 1.82. The van der Waals surface area contributed by atoms with Gasteiger partial charge in [0, 0.05) is 19.7 Å². The third kappa shape index (κ3) is 5.52. The summed E-state index contributed by atoms with van der Waals surface area (Å²) in [7, 11) is 1.56. The molecule has 6 heteroatoms. The van der Waals surface area contributed by atoms with E-state index in [0.29, 0.717) is 5.56 Å². The van der Waals surface area contributed by atoms with E-state index in [1.807, 2.05) is 0 Å². The molecular formula is C14H20F2N2O2. The van der Waals surface area contributed by atoms with Gasteiger partial charge in [-0.15, -0.1) is 0 Å². The van der Waals surface area contributed by atoms with Crippen molar-refractivity contribution in [2.24, 2.45) is 0 Å². The van der Waals surface area contributed by atoms with Crippen molar-refractivity contribution >= 4 is 6.03 Å². The summed E-state index contributed by atoms with van der Waals surface area (Å²) in [4.78, 5) is 13.0. The summed E-state index contributed by atoms with van der Waals surface area (Å²) in [5.74, 6) is -1.25. The van der Waals surface area contributed by atoms with Crippen LogP contribution in [0.15, 0.2) is 18.2 Å². The quantitative estimate of drug-likeness (QED) is 0.869. The average Bonchev–Trinajstić information content (AvgIpc) is 2.29. The van der Waals surface area contributed by atoms with E-state index in [-0.39, 0.29) is 25.5 Å². The van der Waals surface area contributed by atoms with Crippen molar-refractivity contribution in [3.8, 4) is 0 Å². The van der Waals surface area contributed by atoms with Gasteiger partial charge in [-0.1, -0.05) is 6.07 Å². The van der Waals surface area contributed by atoms with Crippen LogP contribution in [-0.4, -0.2) is 41.8 Å². The molecule has 1 aromatic carbocycles. The third-order valence-corrected chi connectivity index (χ3v) is 2.66. The molecule has 0 radical (unpaired) electrons. The maximum Gasteiger partial charge on any atom is 0.317 e. The summed E-state index contributed by atoms with van der Waals surface area (Å²) in [6.45, 7) is 3.62. The highest BCUT2D eigenvalue weighted by Gasteiger charge is 2.18. The van der Waals surface area contributed by atoms with Crippen LogP contribution in [0.3, 0.4) is 0 Å². The minimum Gasteiger partial charge on any atom is -0.389 e. The molecule has 4 nitrogen and oxygen atoms in total. The third-order valence-electron chi connectivity index (χ3n) is 2.66. The lowest BCUT2D eigenvalue weighted by molar-refractivity contribution is 0.0532. The zero-order chi connectivity index (χ0) is 15.3. The van der Waals surface area contributed by atoms with Gasteiger partial charge in [0.1, 0.15) is 11.6 Å². The number of nitrogens with one attached hydrogen (secondary N) is 1. The topological polar surface area (TPSA) is 52.6 Å². The van der Waals surface area contributed by atoms with Gasteiger partial charge in [-0.3, -0.25) is 0 Å². The van der Waals surface area contributed by atoms with E-state index in [9.17, 15) is 18.7 Å². The van der Waals surface area contributed by atoms with Crippen molar-refractivity contribution in [1.29, 1.82) is 0 Å². The van der Waals surface area contributed by atoms with Crippen LogP contribution in [0.2, 0.25) is 0 Å². The zero-order valence-electron chi connectivity index (χ0n) is 11.9. The lowest BCUT2D eigenvalue weighted by Gasteiger charge is -2.25. The SMILES string of the molecule is CN(CC(C)(C)O)C(=O)NCCc1ccc(F)cc1F. The van der Waals surface area contributed by atoms with E-state index in [4.69, 9.17) is 0 Å². The fourth-order valence-electron chi connectivity index (χ4n) is 1.82. The molecule has 1 aromatic rings. The Balaban J connectivity index is 2.42. The van der Waals surface area contributed by atoms with Crippen LogP contribution in [-0.2, 0) is 6.42 Å². The van der Waals surface area contributed by atoms with Gasteiger partial charge in [0.15, 0.2) is 0 Å². The van der Waals surface area contributed by atoms with Gasteiger partial charge in [0.2, 0.25) is 0 Å². The minimum atomic E-state index is -0.977. The number of nitrogens with zero attached hydrogens (tertiary/aromatic N) is 1. The van der Waals surface area contributed by atoms with E-state index < -0.39 is 17.2 Å². The Hall–Kier alpha value is -1.69. The molecule has 0 spiro atoms. The second-order valence-electron chi connectivity index (χ2n) is 5.39. The Morgan fingerprint density at radius 3 is 2.60 bits per heavy atom. The second kappa shape index (κ2) is 6.65. The number of aliphatic hydroxyl groups is 1. The highest BCUT2D eigenvalue weighted by Crippen LogP contribution is 2.09. The molecule has 0 saturated heterocycles. The Bertz CT molecular complexity index is 473. The molecule has 112 valence electrons. The maximum absolute atomic E-state index is 13.4. The second-order valence-corrected chi connectivity index (χ2v) is 5.39. The average molecular weight is 286 g/mol. The van der Waals surface area contributed by atoms with Crippen LogP contribution in [0.25, 0.3) is 0 Å². The van der Waals surface area contributed by atoms with Gasteiger partial charge in [-0.2, -0.15) is 0 Å². The van der Waals surface area contributed by atoms with Crippen molar-refractivity contribution < 1.29 is 18.7 Å². The maximum atomic E-state index is 13.4. The lowest BCUT2D eigenvalue weighted by atomic mass is 10.1. The number of benzene rings is 1. The number of carbonyl (C=O) groups is 1. The summed E-state index contributed by atoms with van der Waals surface area (Å²) in [6.07, 6.45) is 0.272. The molecule has 0 unspecified atom stereocenters. The number of hydrogen-bond acceptors (Lipinski definition) is 2. The van der Waals surface area contributed by atoms with Gasteiger partial charge in [0.05, 0.1) is 12.1 Å². The molecule has 0 saturated carbocycles. The molecule has 1 rings (SSSR count). The molecule has 0 fully saturated rings.